The lowest BCUT2D eigenvalue weighted by atomic mass is 10.1. The predicted molar refractivity (Wildman–Crippen MR) is 91.2 cm³/mol. The van der Waals surface area contributed by atoms with Gasteiger partial charge in [-0.3, -0.25) is 9.59 Å². The summed E-state index contributed by atoms with van der Waals surface area (Å²) in [5.41, 5.74) is 1.01. The molecule has 0 aliphatic carbocycles. The molecule has 1 saturated heterocycles. The Labute approximate surface area is 147 Å². The lowest BCUT2D eigenvalue weighted by molar-refractivity contribution is -0.139. The van der Waals surface area contributed by atoms with E-state index in [2.05, 4.69) is 5.32 Å². The number of amides is 2. The van der Waals surface area contributed by atoms with Crippen LogP contribution in [0.15, 0.2) is 24.3 Å². The molecule has 0 radical (unpaired) electrons. The van der Waals surface area contributed by atoms with E-state index in [1.165, 1.54) is 0 Å². The van der Waals surface area contributed by atoms with Crippen LogP contribution in [0.1, 0.15) is 25.8 Å². The molecular formula is C18H24N2O5. The first-order chi connectivity index (χ1) is 11.9. The fraction of sp³-hybridized carbons (Fsp3) is 0.500. The first kappa shape index (κ1) is 18.8. The van der Waals surface area contributed by atoms with Crippen LogP contribution in [0.4, 0.5) is 0 Å². The first-order valence-electron chi connectivity index (χ1n) is 8.37. The van der Waals surface area contributed by atoms with E-state index in [9.17, 15) is 14.4 Å². The zero-order chi connectivity index (χ0) is 18.4. The minimum absolute atomic E-state index is 0.0344. The molecule has 2 N–H and O–H groups in total. The van der Waals surface area contributed by atoms with E-state index in [1.807, 2.05) is 26.0 Å². The molecular weight excluding hydrogens is 324 g/mol. The van der Waals surface area contributed by atoms with E-state index in [-0.39, 0.29) is 36.8 Å². The summed E-state index contributed by atoms with van der Waals surface area (Å²) < 4.78 is 5.07. The van der Waals surface area contributed by atoms with Crippen LogP contribution >= 0.6 is 0 Å². The molecule has 1 aromatic rings. The molecule has 0 unspecified atom stereocenters. The van der Waals surface area contributed by atoms with Crippen molar-refractivity contribution >= 4 is 17.8 Å². The van der Waals surface area contributed by atoms with Gasteiger partial charge in [0.1, 0.15) is 5.75 Å². The van der Waals surface area contributed by atoms with Crippen LogP contribution < -0.4 is 10.1 Å². The van der Waals surface area contributed by atoms with Gasteiger partial charge in [0.05, 0.1) is 5.92 Å². The van der Waals surface area contributed by atoms with Crippen LogP contribution in [0, 0.1) is 5.92 Å². The molecule has 0 bridgehead atoms. The van der Waals surface area contributed by atoms with Crippen molar-refractivity contribution < 1.29 is 24.2 Å². The number of nitrogens with zero attached hydrogens (tertiary/aromatic N) is 1. The number of carbonyl (C=O) groups excluding carboxylic acids is 2. The highest BCUT2D eigenvalue weighted by Gasteiger charge is 2.35. The molecule has 1 heterocycles. The number of nitrogens with one attached hydrogen (secondary N) is 1. The Morgan fingerprint density at radius 3 is 2.56 bits per heavy atom. The first-order valence-corrected chi connectivity index (χ1v) is 8.37. The number of carbonyl (C=O) groups is 3. The van der Waals surface area contributed by atoms with Crippen molar-refractivity contribution in [3.8, 4) is 5.75 Å². The maximum absolute atomic E-state index is 12.2. The number of carboxylic acid groups (broad SMARTS) is 1. The Morgan fingerprint density at radius 1 is 1.32 bits per heavy atom. The average molecular weight is 348 g/mol. The van der Waals surface area contributed by atoms with Crippen molar-refractivity contribution in [2.75, 3.05) is 19.7 Å². The summed E-state index contributed by atoms with van der Waals surface area (Å²) >= 11 is 0. The molecule has 1 atom stereocenters. The summed E-state index contributed by atoms with van der Waals surface area (Å²) in [6.45, 7) is 4.49. The molecule has 0 aromatic heterocycles. The fourth-order valence-corrected chi connectivity index (χ4v) is 2.78. The molecule has 7 heteroatoms. The maximum Gasteiger partial charge on any atom is 0.341 e. The zero-order valence-electron chi connectivity index (χ0n) is 14.5. The standard InChI is InChI=1S/C18H24N2O5/c1-12(2)20-10-14(9-16(20)21)18(24)19-8-7-13-3-5-15(6-4-13)25-11-17(22)23/h3-6,12,14H,7-11H2,1-2H3,(H,19,24)(H,22,23)/t14-/m0/s1. The summed E-state index contributed by atoms with van der Waals surface area (Å²) in [6.07, 6.45) is 0.930. The second kappa shape index (κ2) is 8.50. The monoisotopic (exact) mass is 348 g/mol. The molecule has 136 valence electrons. The number of aliphatic carboxylic acids is 1. The van der Waals surface area contributed by atoms with E-state index in [0.717, 1.165) is 5.56 Å². The van der Waals surface area contributed by atoms with Gasteiger partial charge in [0.2, 0.25) is 11.8 Å². The number of carboxylic acids is 1. The number of benzene rings is 1. The Kier molecular flexibility index (Phi) is 6.38. The molecule has 1 fully saturated rings. The van der Waals surface area contributed by atoms with E-state index in [0.29, 0.717) is 25.3 Å². The molecule has 7 nitrogen and oxygen atoms in total. The minimum Gasteiger partial charge on any atom is -0.482 e. The Bertz CT molecular complexity index is 627. The second-order valence-electron chi connectivity index (χ2n) is 6.41. The maximum atomic E-state index is 12.2. The fourth-order valence-electron chi connectivity index (χ4n) is 2.78. The highest BCUT2D eigenvalue weighted by Crippen LogP contribution is 2.20. The smallest absolute Gasteiger partial charge is 0.341 e. The van der Waals surface area contributed by atoms with Crippen molar-refractivity contribution in [2.45, 2.75) is 32.7 Å². The van der Waals surface area contributed by atoms with Crippen molar-refractivity contribution in [1.29, 1.82) is 0 Å². The summed E-state index contributed by atoms with van der Waals surface area (Å²) in [5.74, 6) is -0.853. The van der Waals surface area contributed by atoms with Crippen LogP contribution in [0.3, 0.4) is 0 Å². The third-order valence-corrected chi connectivity index (χ3v) is 4.15. The van der Waals surface area contributed by atoms with Gasteiger partial charge in [0.15, 0.2) is 6.61 Å². The summed E-state index contributed by atoms with van der Waals surface area (Å²) in [7, 11) is 0. The quantitative estimate of drug-likeness (QED) is 0.732. The molecule has 1 aromatic carbocycles. The van der Waals surface area contributed by atoms with Gasteiger partial charge < -0.3 is 20.1 Å². The van der Waals surface area contributed by atoms with Gasteiger partial charge in [-0.25, -0.2) is 4.79 Å². The molecule has 2 rings (SSSR count). The molecule has 0 saturated carbocycles. The van der Waals surface area contributed by atoms with Crippen molar-refractivity contribution in [3.05, 3.63) is 29.8 Å². The van der Waals surface area contributed by atoms with Crippen molar-refractivity contribution in [3.63, 3.8) is 0 Å². The lowest BCUT2D eigenvalue weighted by Crippen LogP contribution is -2.36. The number of hydrogen-bond acceptors (Lipinski definition) is 4. The van der Waals surface area contributed by atoms with Crippen LogP contribution in [-0.2, 0) is 20.8 Å². The summed E-state index contributed by atoms with van der Waals surface area (Å²) in [6, 6.07) is 7.20. The van der Waals surface area contributed by atoms with Gasteiger partial charge in [-0.2, -0.15) is 0 Å². The zero-order valence-corrected chi connectivity index (χ0v) is 14.5. The van der Waals surface area contributed by atoms with Crippen LogP contribution in [0.5, 0.6) is 5.75 Å². The third kappa shape index (κ3) is 5.48. The van der Waals surface area contributed by atoms with E-state index in [1.54, 1.807) is 17.0 Å². The molecule has 1 aliphatic heterocycles. The van der Waals surface area contributed by atoms with E-state index < -0.39 is 5.97 Å². The summed E-state index contributed by atoms with van der Waals surface area (Å²) in [4.78, 5) is 36.2. The van der Waals surface area contributed by atoms with Gasteiger partial charge in [0.25, 0.3) is 0 Å². The van der Waals surface area contributed by atoms with E-state index in [4.69, 9.17) is 9.84 Å². The lowest BCUT2D eigenvalue weighted by Gasteiger charge is -2.20. The normalized spacial score (nSPS) is 17.0. The molecule has 0 spiro atoms. The van der Waals surface area contributed by atoms with Gasteiger partial charge >= 0.3 is 5.97 Å². The number of ether oxygens (including phenoxy) is 1. The van der Waals surface area contributed by atoms with Crippen molar-refractivity contribution in [2.24, 2.45) is 5.92 Å². The minimum atomic E-state index is -1.02. The third-order valence-electron chi connectivity index (χ3n) is 4.15. The van der Waals surface area contributed by atoms with Gasteiger partial charge in [-0.1, -0.05) is 12.1 Å². The summed E-state index contributed by atoms with van der Waals surface area (Å²) in [5, 5.41) is 11.4. The number of hydrogen-bond donors (Lipinski definition) is 2. The largest absolute Gasteiger partial charge is 0.482 e. The average Bonchev–Trinajstić information content (AvgIpc) is 2.96. The Hall–Kier alpha value is -2.57. The molecule has 1 aliphatic rings. The Balaban J connectivity index is 1.74. The number of likely N-dealkylation sites (tertiary alicyclic amines) is 1. The highest BCUT2D eigenvalue weighted by molar-refractivity contribution is 5.89. The topological polar surface area (TPSA) is 95.9 Å². The second-order valence-corrected chi connectivity index (χ2v) is 6.41. The molecule has 2 amide bonds. The highest BCUT2D eigenvalue weighted by atomic mass is 16.5. The van der Waals surface area contributed by atoms with Crippen LogP contribution in [-0.4, -0.2) is 53.5 Å². The van der Waals surface area contributed by atoms with Gasteiger partial charge in [0, 0.05) is 25.6 Å². The molecule has 25 heavy (non-hydrogen) atoms. The van der Waals surface area contributed by atoms with Crippen molar-refractivity contribution in [1.82, 2.24) is 10.2 Å². The Morgan fingerprint density at radius 2 is 2.00 bits per heavy atom. The van der Waals surface area contributed by atoms with Crippen LogP contribution in [0.2, 0.25) is 0 Å². The van der Waals surface area contributed by atoms with E-state index >= 15 is 0 Å². The van der Waals surface area contributed by atoms with Gasteiger partial charge in [-0.15, -0.1) is 0 Å². The predicted octanol–water partition coefficient (Wildman–Crippen LogP) is 1.07. The van der Waals surface area contributed by atoms with Crippen LogP contribution in [0.25, 0.3) is 0 Å². The number of rotatable bonds is 8. The van der Waals surface area contributed by atoms with Gasteiger partial charge in [-0.05, 0) is 38.0 Å². The SMILES string of the molecule is CC(C)N1C[C@@H](C(=O)NCCc2ccc(OCC(=O)O)cc2)CC1=O.